The SMILES string of the molecule is CCCNC(C)(CO)CCN(CCOC)C(C)CC. The minimum absolute atomic E-state index is 0.172. The Bertz CT molecular complexity index is 214. The fourth-order valence-electron chi connectivity index (χ4n) is 2.06. The number of methoxy groups -OCH3 is 1. The summed E-state index contributed by atoms with van der Waals surface area (Å²) in [6.07, 6.45) is 3.19. The maximum absolute atomic E-state index is 9.59. The van der Waals surface area contributed by atoms with Crippen LogP contribution in [0, 0.1) is 0 Å². The first-order chi connectivity index (χ1) is 9.02. The summed E-state index contributed by atoms with van der Waals surface area (Å²) in [6, 6.07) is 0.560. The molecule has 0 saturated carbocycles. The molecule has 0 saturated heterocycles. The van der Waals surface area contributed by atoms with Gasteiger partial charge in [-0.1, -0.05) is 13.8 Å². The van der Waals surface area contributed by atoms with E-state index in [1.807, 2.05) is 0 Å². The van der Waals surface area contributed by atoms with Gasteiger partial charge in [0.25, 0.3) is 0 Å². The smallest absolute Gasteiger partial charge is 0.0611 e. The second kappa shape index (κ2) is 10.6. The zero-order valence-corrected chi connectivity index (χ0v) is 13.5. The summed E-state index contributed by atoms with van der Waals surface area (Å²) in [5.74, 6) is 0. The molecule has 0 bridgehead atoms. The fourth-order valence-corrected chi connectivity index (χ4v) is 2.06. The molecule has 0 aromatic carbocycles. The van der Waals surface area contributed by atoms with E-state index in [9.17, 15) is 5.11 Å². The van der Waals surface area contributed by atoms with Gasteiger partial charge in [0, 0.05) is 31.8 Å². The molecule has 0 spiro atoms. The molecule has 2 N–H and O–H groups in total. The van der Waals surface area contributed by atoms with E-state index in [4.69, 9.17) is 4.74 Å². The first-order valence-electron chi connectivity index (χ1n) is 7.61. The highest BCUT2D eigenvalue weighted by atomic mass is 16.5. The Morgan fingerprint density at radius 2 is 2.00 bits per heavy atom. The van der Waals surface area contributed by atoms with Crippen molar-refractivity contribution in [2.45, 2.75) is 58.5 Å². The minimum Gasteiger partial charge on any atom is -0.394 e. The van der Waals surface area contributed by atoms with Gasteiger partial charge in [0.2, 0.25) is 0 Å². The van der Waals surface area contributed by atoms with Gasteiger partial charge in [-0.15, -0.1) is 0 Å². The van der Waals surface area contributed by atoms with Crippen LogP contribution in [0.5, 0.6) is 0 Å². The van der Waals surface area contributed by atoms with Gasteiger partial charge in [-0.25, -0.2) is 0 Å². The summed E-state index contributed by atoms with van der Waals surface area (Å²) in [5, 5.41) is 13.0. The van der Waals surface area contributed by atoms with Crippen LogP contribution in [0.25, 0.3) is 0 Å². The Hall–Kier alpha value is -0.160. The van der Waals surface area contributed by atoms with Gasteiger partial charge >= 0.3 is 0 Å². The van der Waals surface area contributed by atoms with Crippen molar-refractivity contribution in [2.24, 2.45) is 0 Å². The van der Waals surface area contributed by atoms with Crippen LogP contribution in [0.3, 0.4) is 0 Å². The summed E-state index contributed by atoms with van der Waals surface area (Å²) in [7, 11) is 1.75. The Morgan fingerprint density at radius 1 is 1.32 bits per heavy atom. The topological polar surface area (TPSA) is 44.7 Å². The van der Waals surface area contributed by atoms with Crippen molar-refractivity contribution in [1.82, 2.24) is 10.2 Å². The van der Waals surface area contributed by atoms with Crippen LogP contribution >= 0.6 is 0 Å². The molecule has 0 aliphatic carbocycles. The highest BCUT2D eigenvalue weighted by Crippen LogP contribution is 2.13. The zero-order valence-electron chi connectivity index (χ0n) is 13.5. The number of ether oxygens (including phenoxy) is 1. The van der Waals surface area contributed by atoms with Crippen LogP contribution in [0.1, 0.15) is 47.0 Å². The molecule has 0 heterocycles. The molecule has 4 nitrogen and oxygen atoms in total. The normalized spacial score (nSPS) is 16.6. The van der Waals surface area contributed by atoms with E-state index >= 15 is 0 Å². The first-order valence-corrected chi connectivity index (χ1v) is 7.61. The zero-order chi connectivity index (χ0) is 14.7. The second-order valence-corrected chi connectivity index (χ2v) is 5.68. The molecule has 0 amide bonds. The third-order valence-corrected chi connectivity index (χ3v) is 3.90. The van der Waals surface area contributed by atoms with Crippen LogP contribution in [-0.2, 0) is 4.74 Å². The van der Waals surface area contributed by atoms with Crippen molar-refractivity contribution in [1.29, 1.82) is 0 Å². The molecule has 0 aliphatic heterocycles. The highest BCUT2D eigenvalue weighted by molar-refractivity contribution is 4.84. The largest absolute Gasteiger partial charge is 0.394 e. The maximum atomic E-state index is 9.59. The predicted octanol–water partition coefficient (Wildman–Crippen LogP) is 1.87. The van der Waals surface area contributed by atoms with E-state index in [0.29, 0.717) is 6.04 Å². The Balaban J connectivity index is 4.32. The molecular weight excluding hydrogens is 240 g/mol. The lowest BCUT2D eigenvalue weighted by Gasteiger charge is -2.34. The Morgan fingerprint density at radius 3 is 2.47 bits per heavy atom. The van der Waals surface area contributed by atoms with Gasteiger partial charge in [-0.2, -0.15) is 0 Å². The first kappa shape index (κ1) is 18.8. The van der Waals surface area contributed by atoms with E-state index in [-0.39, 0.29) is 12.1 Å². The van der Waals surface area contributed by atoms with Crippen molar-refractivity contribution < 1.29 is 9.84 Å². The standard InChI is InChI=1S/C15H34N2O2/c1-6-9-16-15(4,13-18)8-10-17(11-12-19-5)14(3)7-2/h14,16,18H,6-13H2,1-5H3. The number of aliphatic hydroxyl groups is 1. The van der Waals surface area contributed by atoms with Crippen LogP contribution in [0.4, 0.5) is 0 Å². The molecule has 2 atom stereocenters. The van der Waals surface area contributed by atoms with Crippen LogP contribution in [0.2, 0.25) is 0 Å². The molecule has 0 fully saturated rings. The summed E-state index contributed by atoms with van der Waals surface area (Å²) in [6.45, 7) is 12.6. The van der Waals surface area contributed by atoms with Gasteiger partial charge in [-0.05, 0) is 39.7 Å². The number of nitrogens with zero attached hydrogens (tertiary/aromatic N) is 1. The lowest BCUT2D eigenvalue weighted by molar-refractivity contribution is 0.1000. The lowest BCUT2D eigenvalue weighted by Crippen LogP contribution is -2.49. The summed E-state index contributed by atoms with van der Waals surface area (Å²) in [5.41, 5.74) is -0.172. The number of aliphatic hydroxyl groups excluding tert-OH is 1. The Kier molecular flexibility index (Phi) is 10.5. The van der Waals surface area contributed by atoms with Crippen molar-refractivity contribution in [3.63, 3.8) is 0 Å². The molecule has 0 aromatic heterocycles. The third-order valence-electron chi connectivity index (χ3n) is 3.90. The molecule has 0 rings (SSSR count). The summed E-state index contributed by atoms with van der Waals surface area (Å²) >= 11 is 0. The van der Waals surface area contributed by atoms with Gasteiger partial charge in [-0.3, -0.25) is 4.90 Å². The molecular formula is C15H34N2O2. The van der Waals surface area contributed by atoms with Crippen molar-refractivity contribution >= 4 is 0 Å². The van der Waals surface area contributed by atoms with Crippen LogP contribution in [0.15, 0.2) is 0 Å². The van der Waals surface area contributed by atoms with E-state index in [1.165, 1.54) is 0 Å². The average molecular weight is 274 g/mol. The van der Waals surface area contributed by atoms with Gasteiger partial charge in [0.1, 0.15) is 0 Å². The minimum atomic E-state index is -0.172. The van der Waals surface area contributed by atoms with Gasteiger partial charge < -0.3 is 15.2 Å². The molecule has 4 heteroatoms. The van der Waals surface area contributed by atoms with E-state index < -0.39 is 0 Å². The monoisotopic (exact) mass is 274 g/mol. The van der Waals surface area contributed by atoms with E-state index in [1.54, 1.807) is 7.11 Å². The summed E-state index contributed by atoms with van der Waals surface area (Å²) in [4.78, 5) is 2.45. The molecule has 0 aromatic rings. The lowest BCUT2D eigenvalue weighted by atomic mass is 9.98. The molecule has 0 radical (unpaired) electrons. The maximum Gasteiger partial charge on any atom is 0.0611 e. The van der Waals surface area contributed by atoms with Crippen LogP contribution in [-0.4, -0.2) is 61.5 Å². The number of nitrogens with one attached hydrogen (secondary N) is 1. The van der Waals surface area contributed by atoms with Crippen molar-refractivity contribution in [3.05, 3.63) is 0 Å². The van der Waals surface area contributed by atoms with E-state index in [0.717, 1.165) is 45.5 Å². The number of rotatable bonds is 12. The Labute approximate surface area is 119 Å². The fraction of sp³-hybridized carbons (Fsp3) is 1.00. The second-order valence-electron chi connectivity index (χ2n) is 5.68. The molecule has 0 aliphatic rings. The quantitative estimate of drug-likeness (QED) is 0.570. The number of hydrogen-bond donors (Lipinski definition) is 2. The average Bonchev–Trinajstić information content (AvgIpc) is 2.44. The number of hydrogen-bond acceptors (Lipinski definition) is 4. The van der Waals surface area contributed by atoms with Crippen molar-refractivity contribution in [2.75, 3.05) is 40.0 Å². The van der Waals surface area contributed by atoms with Gasteiger partial charge in [0.05, 0.1) is 13.2 Å². The van der Waals surface area contributed by atoms with E-state index in [2.05, 4.69) is 37.9 Å². The predicted molar refractivity (Wildman–Crippen MR) is 81.6 cm³/mol. The summed E-state index contributed by atoms with van der Waals surface area (Å²) < 4.78 is 5.18. The highest BCUT2D eigenvalue weighted by Gasteiger charge is 2.24. The molecule has 116 valence electrons. The van der Waals surface area contributed by atoms with Crippen LogP contribution < -0.4 is 5.32 Å². The third kappa shape index (κ3) is 7.88. The van der Waals surface area contributed by atoms with Crippen molar-refractivity contribution in [3.8, 4) is 0 Å². The molecule has 19 heavy (non-hydrogen) atoms. The molecule has 2 unspecified atom stereocenters. The van der Waals surface area contributed by atoms with Gasteiger partial charge in [0.15, 0.2) is 0 Å².